The third-order valence-electron chi connectivity index (χ3n) is 12.5. The van der Waals surface area contributed by atoms with Gasteiger partial charge < -0.3 is 19.8 Å². The number of nitrogens with zero attached hydrogens (tertiary/aromatic N) is 1. The molecule has 0 aromatic carbocycles. The Labute approximate surface area is 386 Å². The summed E-state index contributed by atoms with van der Waals surface area (Å²) in [6, 6.07) is -0.840. The minimum Gasteiger partial charge on any atom is -0.387 e. The third-order valence-corrected chi connectivity index (χ3v) is 13.5. The Morgan fingerprint density at radius 1 is 0.532 bits per heavy atom. The fraction of sp³-hybridized carbons (Fsp3) is 0.943. The molecule has 0 heterocycles. The van der Waals surface area contributed by atoms with E-state index in [1.807, 2.05) is 27.2 Å². The number of phosphoric ester groups is 1. The van der Waals surface area contributed by atoms with Gasteiger partial charge in [0, 0.05) is 6.42 Å². The van der Waals surface area contributed by atoms with E-state index >= 15 is 0 Å². The van der Waals surface area contributed by atoms with Gasteiger partial charge in [-0.3, -0.25) is 13.8 Å². The topological polar surface area (TPSA) is 105 Å². The van der Waals surface area contributed by atoms with Gasteiger partial charge in [0.1, 0.15) is 13.2 Å². The van der Waals surface area contributed by atoms with Gasteiger partial charge in [-0.15, -0.1) is 0 Å². The lowest BCUT2D eigenvalue weighted by Crippen LogP contribution is -2.45. The summed E-state index contributed by atoms with van der Waals surface area (Å²) in [5.74, 6) is -0.172. The molecule has 0 aliphatic rings. The molecule has 1 unspecified atom stereocenters. The fourth-order valence-electron chi connectivity index (χ4n) is 8.22. The van der Waals surface area contributed by atoms with Crippen LogP contribution in [0.5, 0.6) is 0 Å². The van der Waals surface area contributed by atoms with Crippen molar-refractivity contribution in [2.45, 2.75) is 283 Å². The van der Waals surface area contributed by atoms with Crippen LogP contribution in [0.4, 0.5) is 0 Å². The minimum atomic E-state index is -4.33. The van der Waals surface area contributed by atoms with Crippen molar-refractivity contribution < 1.29 is 32.9 Å². The molecule has 0 spiro atoms. The van der Waals surface area contributed by atoms with Gasteiger partial charge in [-0.2, -0.15) is 0 Å². The van der Waals surface area contributed by atoms with Crippen molar-refractivity contribution in [3.8, 4) is 0 Å². The first-order valence-electron chi connectivity index (χ1n) is 27.1. The van der Waals surface area contributed by atoms with Crippen LogP contribution in [0, 0.1) is 0 Å². The van der Waals surface area contributed by atoms with Crippen LogP contribution in [0.25, 0.3) is 0 Å². The molecule has 0 aromatic rings. The molecule has 0 rings (SSSR count). The molecule has 0 saturated carbocycles. The summed E-state index contributed by atoms with van der Waals surface area (Å²) in [6.07, 6.45) is 54.6. The van der Waals surface area contributed by atoms with E-state index < -0.39 is 20.0 Å². The fourth-order valence-corrected chi connectivity index (χ4v) is 8.96. The largest absolute Gasteiger partial charge is 0.472 e. The Bertz CT molecular complexity index is 1020. The Morgan fingerprint density at radius 2 is 0.855 bits per heavy atom. The zero-order valence-electron chi connectivity index (χ0n) is 42.1. The number of unbranched alkanes of at least 4 members (excludes halogenated alkanes) is 37. The molecule has 0 bridgehead atoms. The number of nitrogens with one attached hydrogen (secondary N) is 1. The maximum Gasteiger partial charge on any atom is 0.472 e. The van der Waals surface area contributed by atoms with Gasteiger partial charge >= 0.3 is 7.82 Å². The second kappa shape index (κ2) is 45.4. The molecule has 0 aliphatic carbocycles. The first kappa shape index (κ1) is 61.2. The number of carbonyl (C=O) groups excluding carboxylic acids is 1. The second-order valence-electron chi connectivity index (χ2n) is 20.0. The van der Waals surface area contributed by atoms with E-state index in [1.54, 1.807) is 6.08 Å². The van der Waals surface area contributed by atoms with Crippen LogP contribution in [0.1, 0.15) is 271 Å². The number of phosphoric acid groups is 1. The number of quaternary nitrogens is 1. The Balaban J connectivity index is 4.00. The van der Waals surface area contributed by atoms with Gasteiger partial charge in [0.2, 0.25) is 5.91 Å². The normalized spacial score (nSPS) is 14.1. The van der Waals surface area contributed by atoms with Crippen LogP contribution in [-0.2, 0) is 18.4 Å². The van der Waals surface area contributed by atoms with E-state index in [4.69, 9.17) is 9.05 Å². The highest BCUT2D eigenvalue weighted by Gasteiger charge is 2.27. The molecule has 0 fully saturated rings. The van der Waals surface area contributed by atoms with Crippen molar-refractivity contribution >= 4 is 13.7 Å². The van der Waals surface area contributed by atoms with Crippen molar-refractivity contribution in [3.05, 3.63) is 12.2 Å². The zero-order chi connectivity index (χ0) is 45.7. The summed E-state index contributed by atoms with van der Waals surface area (Å²) in [4.78, 5) is 23.2. The van der Waals surface area contributed by atoms with E-state index in [1.165, 1.54) is 212 Å². The summed E-state index contributed by atoms with van der Waals surface area (Å²) < 4.78 is 23.6. The standard InChI is InChI=1S/C53H107N2O6P/c1-6-8-10-12-14-16-18-19-20-21-22-23-24-25-26-27-28-29-30-31-32-33-34-35-37-39-41-43-45-47-53(57)54-51(50-61-62(58,59)60-49-48-55(3,4)5)52(56)46-44-42-40-38-36-17-15-13-11-9-7-2/h44,46,51-52,56H,6-43,45,47-50H2,1-5H3,(H-,54,57,58,59)/p+1/b46-44+/t51-,52+/m0/s1. The van der Waals surface area contributed by atoms with Crippen LogP contribution in [0.3, 0.4) is 0 Å². The molecule has 3 atom stereocenters. The molecule has 370 valence electrons. The Kier molecular flexibility index (Phi) is 44.8. The number of rotatable bonds is 50. The highest BCUT2D eigenvalue weighted by molar-refractivity contribution is 7.47. The summed E-state index contributed by atoms with van der Waals surface area (Å²) in [6.45, 7) is 4.83. The number of carbonyl (C=O) groups is 1. The van der Waals surface area contributed by atoms with Gasteiger partial charge in [0.05, 0.1) is 39.9 Å². The lowest BCUT2D eigenvalue weighted by molar-refractivity contribution is -0.870. The number of hydrogen-bond donors (Lipinski definition) is 3. The van der Waals surface area contributed by atoms with Crippen LogP contribution >= 0.6 is 7.82 Å². The predicted molar refractivity (Wildman–Crippen MR) is 268 cm³/mol. The van der Waals surface area contributed by atoms with Crippen molar-refractivity contribution in [3.63, 3.8) is 0 Å². The third kappa shape index (κ3) is 47.2. The predicted octanol–water partition coefficient (Wildman–Crippen LogP) is 15.9. The molecule has 1 amide bonds. The number of aliphatic hydroxyl groups excluding tert-OH is 1. The Morgan fingerprint density at radius 3 is 1.19 bits per heavy atom. The van der Waals surface area contributed by atoms with Gasteiger partial charge in [0.25, 0.3) is 0 Å². The Hall–Kier alpha value is -0.760. The second-order valence-corrected chi connectivity index (χ2v) is 21.4. The number of amides is 1. The van der Waals surface area contributed by atoms with Crippen molar-refractivity contribution in [2.75, 3.05) is 40.9 Å². The van der Waals surface area contributed by atoms with Gasteiger partial charge in [-0.1, -0.05) is 257 Å². The maximum atomic E-state index is 12.9. The summed E-state index contributed by atoms with van der Waals surface area (Å²) in [5, 5.41) is 13.8. The first-order valence-corrected chi connectivity index (χ1v) is 28.6. The van der Waals surface area contributed by atoms with Crippen molar-refractivity contribution in [1.29, 1.82) is 0 Å². The van der Waals surface area contributed by atoms with E-state index in [2.05, 4.69) is 19.2 Å². The van der Waals surface area contributed by atoms with E-state index in [-0.39, 0.29) is 19.1 Å². The van der Waals surface area contributed by atoms with E-state index in [0.717, 1.165) is 38.5 Å². The molecule has 0 radical (unpaired) electrons. The van der Waals surface area contributed by atoms with Crippen LogP contribution in [0.15, 0.2) is 12.2 Å². The molecule has 62 heavy (non-hydrogen) atoms. The summed E-state index contributed by atoms with van der Waals surface area (Å²) in [7, 11) is 1.58. The lowest BCUT2D eigenvalue weighted by atomic mass is 10.0. The average Bonchev–Trinajstić information content (AvgIpc) is 3.23. The zero-order valence-corrected chi connectivity index (χ0v) is 43.0. The number of aliphatic hydroxyl groups is 1. The van der Waals surface area contributed by atoms with Gasteiger partial charge in [-0.05, 0) is 19.3 Å². The van der Waals surface area contributed by atoms with Crippen molar-refractivity contribution in [1.82, 2.24) is 5.32 Å². The molecule has 0 saturated heterocycles. The molecular weight excluding hydrogens is 792 g/mol. The minimum absolute atomic E-state index is 0.0647. The smallest absolute Gasteiger partial charge is 0.387 e. The maximum absolute atomic E-state index is 12.9. The average molecular weight is 900 g/mol. The molecule has 8 nitrogen and oxygen atoms in total. The number of hydrogen-bond acceptors (Lipinski definition) is 5. The van der Waals surface area contributed by atoms with Crippen LogP contribution in [0.2, 0.25) is 0 Å². The first-order chi connectivity index (χ1) is 30.0. The monoisotopic (exact) mass is 900 g/mol. The van der Waals surface area contributed by atoms with Gasteiger partial charge in [-0.25, -0.2) is 4.57 Å². The quantitative estimate of drug-likeness (QED) is 0.0243. The van der Waals surface area contributed by atoms with E-state index in [0.29, 0.717) is 17.4 Å². The molecule has 9 heteroatoms. The SMILES string of the molecule is CCCCCCCCCCC/C=C/[C@@H](O)[C@H](COP(=O)(O)OCC[N+](C)(C)C)NC(=O)CCCCCCCCCCCCCCCCCCCCCCCCCCCCCCC. The summed E-state index contributed by atoms with van der Waals surface area (Å²) >= 11 is 0. The molecule has 0 aliphatic heterocycles. The number of allylic oxidation sites excluding steroid dienone is 1. The van der Waals surface area contributed by atoms with Crippen LogP contribution < -0.4 is 5.32 Å². The molecule has 0 aromatic heterocycles. The summed E-state index contributed by atoms with van der Waals surface area (Å²) in [5.41, 5.74) is 0. The highest BCUT2D eigenvalue weighted by atomic mass is 31.2. The highest BCUT2D eigenvalue weighted by Crippen LogP contribution is 2.43. The van der Waals surface area contributed by atoms with Crippen LogP contribution in [-0.4, -0.2) is 73.4 Å². The van der Waals surface area contributed by atoms with Crippen molar-refractivity contribution in [2.24, 2.45) is 0 Å². The van der Waals surface area contributed by atoms with E-state index in [9.17, 15) is 19.4 Å². The molecule has 3 N–H and O–H groups in total. The number of likely N-dealkylation sites (N-methyl/N-ethyl adjacent to an activating group) is 1. The lowest BCUT2D eigenvalue weighted by Gasteiger charge is -2.25. The van der Waals surface area contributed by atoms with Gasteiger partial charge in [0.15, 0.2) is 0 Å². The molecular formula is C53H108N2O6P+.